The molecule has 2 amide bonds. The molecule has 23 heavy (non-hydrogen) atoms. The summed E-state index contributed by atoms with van der Waals surface area (Å²) in [7, 11) is -1.42. The first-order valence-corrected chi connectivity index (χ1v) is 8.97. The summed E-state index contributed by atoms with van der Waals surface area (Å²) < 4.78 is 24.6. The quantitative estimate of drug-likeness (QED) is 0.899. The highest BCUT2D eigenvalue weighted by atomic mass is 32.2. The molecule has 1 unspecified atom stereocenters. The Morgan fingerprint density at radius 2 is 2.26 bits per heavy atom. The van der Waals surface area contributed by atoms with E-state index >= 15 is 0 Å². The molecular formula is C14H17N5O3S. The number of aromatic nitrogens is 3. The average Bonchev–Trinajstić information content (AvgIpc) is 3.16. The van der Waals surface area contributed by atoms with E-state index in [1.165, 1.54) is 11.1 Å². The molecule has 1 fully saturated rings. The number of carbonyl (C=O) groups is 1. The molecule has 3 heterocycles. The highest BCUT2D eigenvalue weighted by Gasteiger charge is 2.32. The van der Waals surface area contributed by atoms with Crippen LogP contribution in [0.5, 0.6) is 0 Å². The van der Waals surface area contributed by atoms with Gasteiger partial charge in [-0.2, -0.15) is 5.10 Å². The predicted molar refractivity (Wildman–Crippen MR) is 85.2 cm³/mol. The van der Waals surface area contributed by atoms with E-state index in [0.717, 1.165) is 0 Å². The Bertz CT molecular complexity index is 786. The third-order valence-corrected chi connectivity index (χ3v) is 5.57. The minimum absolute atomic E-state index is 0.0212. The van der Waals surface area contributed by atoms with E-state index in [-0.39, 0.29) is 23.6 Å². The van der Waals surface area contributed by atoms with Gasteiger partial charge in [0.15, 0.2) is 15.7 Å². The fraction of sp³-hybridized carbons (Fsp3) is 0.357. The molecule has 0 bridgehead atoms. The van der Waals surface area contributed by atoms with Crippen LogP contribution in [0.1, 0.15) is 6.42 Å². The van der Waals surface area contributed by atoms with E-state index in [2.05, 4.69) is 15.4 Å². The number of nitrogens with zero attached hydrogens (tertiary/aromatic N) is 4. The van der Waals surface area contributed by atoms with E-state index < -0.39 is 9.84 Å². The summed E-state index contributed by atoms with van der Waals surface area (Å²) in [6.07, 6.45) is 5.44. The minimum Gasteiger partial charge on any atom is -0.324 e. The maximum absolute atomic E-state index is 12.2. The molecule has 1 N–H and O–H groups in total. The maximum Gasteiger partial charge on any atom is 0.321 e. The lowest BCUT2D eigenvalue weighted by Gasteiger charge is -2.23. The van der Waals surface area contributed by atoms with E-state index in [1.807, 2.05) is 0 Å². The molecule has 0 aromatic carbocycles. The number of hydrogen-bond acceptors (Lipinski definition) is 5. The zero-order valence-corrected chi connectivity index (χ0v) is 13.4. The second kappa shape index (κ2) is 5.99. The first-order valence-electron chi connectivity index (χ1n) is 7.15. The van der Waals surface area contributed by atoms with Gasteiger partial charge in [-0.1, -0.05) is 0 Å². The third-order valence-electron chi connectivity index (χ3n) is 3.81. The van der Waals surface area contributed by atoms with Gasteiger partial charge in [0.2, 0.25) is 0 Å². The van der Waals surface area contributed by atoms with Gasteiger partial charge in [0.25, 0.3) is 0 Å². The molecule has 0 saturated carbocycles. The summed E-state index contributed by atoms with van der Waals surface area (Å²) in [4.78, 5) is 17.9. The van der Waals surface area contributed by atoms with Crippen LogP contribution in [0.15, 0.2) is 36.8 Å². The number of rotatable bonds is 3. The van der Waals surface area contributed by atoms with Crippen molar-refractivity contribution in [1.82, 2.24) is 19.7 Å². The van der Waals surface area contributed by atoms with Gasteiger partial charge >= 0.3 is 6.03 Å². The summed E-state index contributed by atoms with van der Waals surface area (Å²) in [6.45, 7) is 0. The average molecular weight is 335 g/mol. The number of anilines is 1. The molecular weight excluding hydrogens is 318 g/mol. The van der Waals surface area contributed by atoms with Crippen molar-refractivity contribution in [3.63, 3.8) is 0 Å². The molecule has 122 valence electrons. The van der Waals surface area contributed by atoms with Crippen LogP contribution in [0.3, 0.4) is 0 Å². The number of nitrogens with one attached hydrogen (secondary N) is 1. The van der Waals surface area contributed by atoms with Crippen LogP contribution >= 0.6 is 0 Å². The smallest absolute Gasteiger partial charge is 0.321 e. The van der Waals surface area contributed by atoms with Gasteiger partial charge in [0.1, 0.15) is 0 Å². The van der Waals surface area contributed by atoms with Crippen LogP contribution in [0.25, 0.3) is 5.82 Å². The van der Waals surface area contributed by atoms with Crippen LogP contribution in [0.4, 0.5) is 10.5 Å². The van der Waals surface area contributed by atoms with Gasteiger partial charge in [0.05, 0.1) is 23.4 Å². The fourth-order valence-electron chi connectivity index (χ4n) is 2.46. The number of urea groups is 1. The number of amides is 2. The van der Waals surface area contributed by atoms with Gasteiger partial charge in [-0.05, 0) is 24.6 Å². The van der Waals surface area contributed by atoms with Crippen molar-refractivity contribution in [3.8, 4) is 5.82 Å². The van der Waals surface area contributed by atoms with Gasteiger partial charge in [-0.15, -0.1) is 0 Å². The van der Waals surface area contributed by atoms with Gasteiger partial charge in [0, 0.05) is 25.5 Å². The normalized spacial score (nSPS) is 19.4. The molecule has 8 nitrogen and oxygen atoms in total. The fourth-order valence-corrected chi connectivity index (χ4v) is 4.23. The van der Waals surface area contributed by atoms with Crippen molar-refractivity contribution < 1.29 is 13.2 Å². The molecule has 3 rings (SSSR count). The molecule has 1 aliphatic rings. The number of hydrogen-bond donors (Lipinski definition) is 1. The summed E-state index contributed by atoms with van der Waals surface area (Å²) in [5, 5.41) is 6.79. The van der Waals surface area contributed by atoms with Crippen molar-refractivity contribution in [2.45, 2.75) is 12.5 Å². The van der Waals surface area contributed by atoms with Gasteiger partial charge in [-0.3, -0.25) is 0 Å². The number of sulfone groups is 1. The van der Waals surface area contributed by atoms with Crippen LogP contribution in [0.2, 0.25) is 0 Å². The van der Waals surface area contributed by atoms with Crippen molar-refractivity contribution >= 4 is 21.6 Å². The van der Waals surface area contributed by atoms with Crippen molar-refractivity contribution in [2.24, 2.45) is 0 Å². The maximum atomic E-state index is 12.2. The summed E-state index contributed by atoms with van der Waals surface area (Å²) in [5.41, 5.74) is 0.540. The molecule has 1 atom stereocenters. The number of pyridine rings is 1. The lowest BCUT2D eigenvalue weighted by molar-refractivity contribution is 0.209. The van der Waals surface area contributed by atoms with E-state index in [9.17, 15) is 13.2 Å². The Hall–Kier alpha value is -2.42. The largest absolute Gasteiger partial charge is 0.324 e. The zero-order chi connectivity index (χ0) is 16.4. The van der Waals surface area contributed by atoms with Gasteiger partial charge < -0.3 is 10.2 Å². The second-order valence-corrected chi connectivity index (χ2v) is 7.68. The summed E-state index contributed by atoms with van der Waals surface area (Å²) in [5.74, 6) is 0.797. The van der Waals surface area contributed by atoms with Crippen LogP contribution in [-0.4, -0.2) is 58.7 Å². The minimum atomic E-state index is -3.02. The van der Waals surface area contributed by atoms with Crippen LogP contribution < -0.4 is 5.32 Å². The van der Waals surface area contributed by atoms with Crippen molar-refractivity contribution in [3.05, 3.63) is 36.8 Å². The molecule has 2 aromatic heterocycles. The van der Waals surface area contributed by atoms with E-state index in [1.54, 1.807) is 42.3 Å². The predicted octanol–water partition coefficient (Wildman–Crippen LogP) is 0.918. The molecule has 1 aliphatic heterocycles. The first-order chi connectivity index (χ1) is 10.9. The monoisotopic (exact) mass is 335 g/mol. The van der Waals surface area contributed by atoms with E-state index in [4.69, 9.17) is 0 Å². The Labute approximate surface area is 134 Å². The highest BCUT2D eigenvalue weighted by molar-refractivity contribution is 7.91. The van der Waals surface area contributed by atoms with Crippen LogP contribution in [-0.2, 0) is 9.84 Å². The molecule has 0 spiro atoms. The standard InChI is InChI=1S/C14H17N5O3S/c1-18(12-5-8-23(21,22)10-12)14(20)17-11-3-4-13(15-9-11)19-7-2-6-16-19/h2-4,6-7,9,12H,5,8,10H2,1H3,(H,17,20). The Kier molecular flexibility index (Phi) is 4.03. The highest BCUT2D eigenvalue weighted by Crippen LogP contribution is 2.18. The Morgan fingerprint density at radius 3 is 2.83 bits per heavy atom. The molecule has 0 radical (unpaired) electrons. The van der Waals surface area contributed by atoms with Crippen molar-refractivity contribution in [2.75, 3.05) is 23.9 Å². The molecule has 1 saturated heterocycles. The summed E-state index contributed by atoms with van der Waals surface area (Å²) >= 11 is 0. The Morgan fingerprint density at radius 1 is 1.43 bits per heavy atom. The Balaban J connectivity index is 1.64. The second-order valence-electron chi connectivity index (χ2n) is 5.45. The third kappa shape index (κ3) is 3.50. The number of carbonyl (C=O) groups excluding carboxylic acids is 1. The van der Waals surface area contributed by atoms with Gasteiger partial charge in [-0.25, -0.2) is 22.9 Å². The SMILES string of the molecule is CN(C(=O)Nc1ccc(-n2cccn2)nc1)C1CCS(=O)(=O)C1. The molecule has 9 heteroatoms. The summed E-state index contributed by atoms with van der Waals surface area (Å²) in [6, 6.07) is 4.63. The van der Waals surface area contributed by atoms with Crippen molar-refractivity contribution in [1.29, 1.82) is 0 Å². The lowest BCUT2D eigenvalue weighted by atomic mass is 10.2. The van der Waals surface area contributed by atoms with Crippen LogP contribution in [0, 0.1) is 0 Å². The van der Waals surface area contributed by atoms with E-state index in [0.29, 0.717) is 17.9 Å². The zero-order valence-electron chi connectivity index (χ0n) is 12.6. The topological polar surface area (TPSA) is 97.2 Å². The first kappa shape index (κ1) is 15.5. The lowest BCUT2D eigenvalue weighted by Crippen LogP contribution is -2.40. The molecule has 2 aromatic rings. The molecule has 0 aliphatic carbocycles.